The molecule has 344 valence electrons. The van der Waals surface area contributed by atoms with Gasteiger partial charge in [0.1, 0.15) is 41.5 Å². The lowest BCUT2D eigenvalue weighted by Gasteiger charge is -2.33. The zero-order valence-electron chi connectivity index (χ0n) is 34.8. The van der Waals surface area contributed by atoms with E-state index >= 15 is 8.78 Å². The molecule has 0 saturated carbocycles. The fraction of sp³-hybridized carbons (Fsp3) is 0.556. The molecule has 3 aliphatic rings. The first-order valence-electron chi connectivity index (χ1n) is 19.5. The van der Waals surface area contributed by atoms with Gasteiger partial charge in [0.05, 0.1) is 32.3 Å². The van der Waals surface area contributed by atoms with Gasteiger partial charge in [0, 0.05) is 18.3 Å². The number of H-pyrrole nitrogens is 1. The van der Waals surface area contributed by atoms with Crippen LogP contribution in [0.5, 0.6) is 17.4 Å². The topological polar surface area (TPSA) is 291 Å². The van der Waals surface area contributed by atoms with Crippen LogP contribution in [0.15, 0.2) is 52.4 Å². The average Bonchev–Trinajstić information content (AvgIpc) is 3.77. The van der Waals surface area contributed by atoms with Crippen molar-refractivity contribution in [3.05, 3.63) is 63.7 Å². The Morgan fingerprint density at radius 1 is 1.13 bits per heavy atom. The number of phosphoric acid groups is 1. The van der Waals surface area contributed by atoms with Crippen LogP contribution < -0.4 is 35.9 Å². The molecule has 4 aromatic rings. The normalized spacial score (nSPS) is 32.0. The fourth-order valence-corrected chi connectivity index (χ4v) is 10.3. The van der Waals surface area contributed by atoms with Crippen LogP contribution in [0.25, 0.3) is 11.2 Å². The number of fused-ring (bicyclic) bond motifs is 2. The molecular formula is C36H46F2N8O15P2. The van der Waals surface area contributed by atoms with Gasteiger partial charge in [0.2, 0.25) is 11.8 Å². The van der Waals surface area contributed by atoms with Crippen molar-refractivity contribution in [2.24, 2.45) is 0 Å². The van der Waals surface area contributed by atoms with Gasteiger partial charge in [-0.15, -0.1) is 0 Å². The van der Waals surface area contributed by atoms with Crippen LogP contribution in [0.1, 0.15) is 60.9 Å². The highest BCUT2D eigenvalue weighted by Crippen LogP contribution is 2.60. The summed E-state index contributed by atoms with van der Waals surface area (Å²) in [6.45, 7) is 8.47. The molecular weight excluding hydrogens is 884 g/mol. The number of halogens is 2. The van der Waals surface area contributed by atoms with E-state index in [1.54, 1.807) is 20.8 Å². The number of aliphatic hydroxyl groups is 1. The summed E-state index contributed by atoms with van der Waals surface area (Å²) in [5, 5.41) is 13.6. The molecule has 0 radical (unpaired) electrons. The molecule has 6 heterocycles. The maximum absolute atomic E-state index is 16.8. The lowest BCUT2D eigenvalue weighted by molar-refractivity contribution is -0.149. The minimum absolute atomic E-state index is 0.0805. The number of rotatable bonds is 15. The summed E-state index contributed by atoms with van der Waals surface area (Å²) in [5.74, 6) is -1.46. The van der Waals surface area contributed by atoms with Crippen LogP contribution in [0, 0.1) is 0 Å². The van der Waals surface area contributed by atoms with Crippen LogP contribution in [-0.2, 0) is 41.7 Å². The van der Waals surface area contributed by atoms with Crippen molar-refractivity contribution in [1.29, 1.82) is 0 Å². The number of benzene rings is 1. The van der Waals surface area contributed by atoms with Crippen LogP contribution in [-0.4, -0.2) is 107 Å². The number of aromatic amines is 1. The third-order valence-corrected chi connectivity index (χ3v) is 13.2. The van der Waals surface area contributed by atoms with E-state index in [1.165, 1.54) is 49.9 Å². The smallest absolute Gasteiger partial charge is 0.476 e. The van der Waals surface area contributed by atoms with Crippen molar-refractivity contribution in [2.45, 2.75) is 108 Å². The lowest BCUT2D eigenvalue weighted by Crippen LogP contribution is -2.48. The molecule has 0 bridgehead atoms. The van der Waals surface area contributed by atoms with Gasteiger partial charge < -0.3 is 38.8 Å². The number of nitrogen functional groups attached to an aromatic ring is 1. The Hall–Kier alpha value is -4.84. The number of carbonyl (C=O) groups is 1. The predicted octanol–water partition coefficient (Wildman–Crippen LogP) is 3.40. The quantitative estimate of drug-likeness (QED) is 0.0981. The number of aromatic nitrogens is 6. The number of aliphatic hydroxyl groups excluding tert-OH is 1. The van der Waals surface area contributed by atoms with E-state index in [9.17, 15) is 28.6 Å². The minimum atomic E-state index is -4.80. The number of anilines is 1. The second-order valence-electron chi connectivity index (χ2n) is 15.7. The van der Waals surface area contributed by atoms with E-state index in [4.69, 9.17) is 47.3 Å². The van der Waals surface area contributed by atoms with Crippen molar-refractivity contribution in [3.63, 3.8) is 0 Å². The number of alkyl halides is 2. The minimum Gasteiger partial charge on any atom is -0.476 e. The summed E-state index contributed by atoms with van der Waals surface area (Å²) in [5.41, 5.74) is -2.71. The Bertz CT molecular complexity index is 2590. The summed E-state index contributed by atoms with van der Waals surface area (Å²) in [7, 11) is -9.44. The number of hydrogen-bond acceptors (Lipinski definition) is 19. The lowest BCUT2D eigenvalue weighted by atomic mass is 9.90. The van der Waals surface area contributed by atoms with E-state index in [1.807, 2.05) is 4.98 Å². The number of nitrogens with two attached hydrogens (primary N) is 1. The Morgan fingerprint density at radius 3 is 2.56 bits per heavy atom. The Morgan fingerprint density at radius 2 is 1.86 bits per heavy atom. The molecule has 0 spiro atoms. The summed E-state index contributed by atoms with van der Waals surface area (Å²) in [6, 6.07) is 4.63. The highest BCUT2D eigenvalue weighted by Gasteiger charge is 2.63. The molecule has 0 amide bonds. The molecule has 23 nitrogen and oxygen atoms in total. The predicted molar refractivity (Wildman–Crippen MR) is 213 cm³/mol. The molecule has 3 aromatic heterocycles. The van der Waals surface area contributed by atoms with E-state index < -0.39 is 106 Å². The van der Waals surface area contributed by atoms with Gasteiger partial charge in [-0.05, 0) is 60.6 Å². The number of nitrogens with one attached hydrogen (secondary N) is 2. The fourth-order valence-electron chi connectivity index (χ4n) is 7.21. The van der Waals surface area contributed by atoms with Crippen molar-refractivity contribution in [2.75, 3.05) is 25.6 Å². The number of carbonyl (C=O) groups excluding carboxylic acids is 1. The highest BCUT2D eigenvalue weighted by atomic mass is 31.2. The number of esters is 1. The van der Waals surface area contributed by atoms with E-state index in [2.05, 4.69) is 20.0 Å². The molecule has 0 aliphatic carbocycles. The summed E-state index contributed by atoms with van der Waals surface area (Å²) in [4.78, 5) is 51.5. The van der Waals surface area contributed by atoms with E-state index in [-0.39, 0.29) is 41.1 Å². The number of nitrogens with zero attached hydrogens (tertiary/aromatic N) is 5. The molecule has 63 heavy (non-hydrogen) atoms. The Labute approximate surface area is 356 Å². The molecule has 2 unspecified atom stereocenters. The van der Waals surface area contributed by atoms with E-state index in [0.717, 1.165) is 29.8 Å². The first-order chi connectivity index (χ1) is 29.5. The molecule has 27 heteroatoms. The van der Waals surface area contributed by atoms with Crippen LogP contribution in [0.4, 0.5) is 14.7 Å². The summed E-state index contributed by atoms with van der Waals surface area (Å²) in [6.07, 6.45) is -6.16. The largest absolute Gasteiger partial charge is 0.530 e. The zero-order valence-corrected chi connectivity index (χ0v) is 36.6. The van der Waals surface area contributed by atoms with E-state index in [0.29, 0.717) is 0 Å². The molecule has 11 atom stereocenters. The van der Waals surface area contributed by atoms with Crippen LogP contribution in [0.2, 0.25) is 0 Å². The SMILES string of the molecule is CCOc1nc(N)nc2c1ncn2[C@@H]1O[C@@H]2COP(=O)(Oc3cccc(OP(=O)(N[C@@H](C)C(=O)OC(C)C)OC[C@@]4(C)O[C@@H](n5ccc(=O)[nH]c5=O)[C@](C)(F)[C@H]4O)c3)O[C@H]2[C@@]1(C)F. The highest BCUT2D eigenvalue weighted by molar-refractivity contribution is 7.52. The monoisotopic (exact) mass is 930 g/mol. The number of imidazole rings is 1. The molecule has 1 aromatic carbocycles. The van der Waals surface area contributed by atoms with Gasteiger partial charge in [-0.2, -0.15) is 15.1 Å². The number of ether oxygens (including phenoxy) is 4. The average molecular weight is 931 g/mol. The maximum atomic E-state index is 16.8. The second kappa shape index (κ2) is 16.9. The Kier molecular flexibility index (Phi) is 12.4. The van der Waals surface area contributed by atoms with Crippen molar-refractivity contribution in [1.82, 2.24) is 34.2 Å². The standard InChI is InChI=1S/C36H46F2N8O15P2/c1-8-53-27-24-26(42-32(39)43-27)46(17-40-24)30-35(6,37)25-22(57-30)15-54-63(52,61-25)60-21-11-9-10-20(14-21)59-62(51,44-19(4)28(48)56-18(2)3)55-16-34(5)29(49)36(7,38)31(58-34)45-13-12-23(47)41-33(45)50/h9-14,17-19,22,25,29-31,49H,8,15-16H2,1-7H3,(H,44,51)(H2,39,42,43)(H,41,47,50)/t19-,22+,25+,29-,30+,31+,34+,35+,36+,62?,63?/m0/s1. The first kappa shape index (κ1) is 46.2. The molecule has 3 fully saturated rings. The van der Waals surface area contributed by atoms with Gasteiger partial charge >= 0.3 is 27.2 Å². The van der Waals surface area contributed by atoms with Crippen molar-refractivity contribution < 1.29 is 69.4 Å². The van der Waals surface area contributed by atoms with Gasteiger partial charge in [-0.25, -0.2) is 27.7 Å². The third kappa shape index (κ3) is 9.11. The van der Waals surface area contributed by atoms with Gasteiger partial charge in [-0.1, -0.05) is 6.07 Å². The first-order valence-corrected chi connectivity index (χ1v) is 22.5. The van der Waals surface area contributed by atoms with Gasteiger partial charge in [0.25, 0.3) is 5.56 Å². The zero-order chi connectivity index (χ0) is 45.9. The van der Waals surface area contributed by atoms with Crippen molar-refractivity contribution >= 4 is 38.7 Å². The molecule has 7 rings (SSSR count). The third-order valence-electron chi connectivity index (χ3n) is 10.2. The maximum Gasteiger partial charge on any atom is 0.530 e. The molecule has 3 saturated heterocycles. The molecule has 5 N–H and O–H groups in total. The number of hydrogen-bond donors (Lipinski definition) is 4. The van der Waals surface area contributed by atoms with Crippen molar-refractivity contribution in [3.8, 4) is 17.4 Å². The van der Waals surface area contributed by atoms with Gasteiger partial charge in [-0.3, -0.25) is 37.3 Å². The van der Waals surface area contributed by atoms with Crippen LogP contribution >= 0.6 is 15.6 Å². The van der Waals surface area contributed by atoms with Crippen LogP contribution in [0.3, 0.4) is 0 Å². The molecule has 3 aliphatic heterocycles. The Balaban J connectivity index is 1.09. The van der Waals surface area contributed by atoms with Gasteiger partial charge in [0.15, 0.2) is 35.0 Å². The number of phosphoric ester groups is 1. The summed E-state index contributed by atoms with van der Waals surface area (Å²) >= 11 is 0. The second-order valence-corrected chi connectivity index (χ2v) is 18.9. The summed E-state index contributed by atoms with van der Waals surface area (Å²) < 4.78 is 114.